The summed E-state index contributed by atoms with van der Waals surface area (Å²) in [5, 5.41) is 7.58. The van der Waals surface area contributed by atoms with E-state index in [0.717, 1.165) is 19.3 Å². The van der Waals surface area contributed by atoms with Crippen LogP contribution < -0.4 is 5.32 Å². The molecule has 1 aromatic heterocycles. The number of carbonyl (C=O) groups excluding carboxylic acids is 1. The van der Waals surface area contributed by atoms with Crippen molar-refractivity contribution < 1.29 is 4.79 Å². The van der Waals surface area contributed by atoms with Gasteiger partial charge in [-0.05, 0) is 38.0 Å². The molecule has 1 N–H and O–H groups in total. The van der Waals surface area contributed by atoms with Crippen LogP contribution in [0.15, 0.2) is 6.20 Å². The van der Waals surface area contributed by atoms with E-state index in [4.69, 9.17) is 0 Å². The number of carbonyl (C=O) groups is 1. The summed E-state index contributed by atoms with van der Waals surface area (Å²) in [4.78, 5) is 12.3. The highest BCUT2D eigenvalue weighted by Crippen LogP contribution is 2.30. The zero-order valence-corrected chi connectivity index (χ0v) is 12.4. The topological polar surface area (TPSA) is 46.9 Å². The highest BCUT2D eigenvalue weighted by atomic mass is 16.1. The van der Waals surface area contributed by atoms with Gasteiger partial charge in [-0.25, -0.2) is 0 Å². The molecule has 1 amide bonds. The molecule has 1 atom stereocenters. The molecule has 0 saturated heterocycles. The lowest BCUT2D eigenvalue weighted by molar-refractivity contribution is -0.123. The van der Waals surface area contributed by atoms with E-state index in [2.05, 4.69) is 10.4 Å². The Bertz CT molecular complexity index is 474. The molecule has 0 radical (unpaired) electrons. The lowest BCUT2D eigenvalue weighted by Crippen LogP contribution is -2.32. The third-order valence-electron chi connectivity index (χ3n) is 4.91. The SMILES string of the molecule is Cn1ncc2c1CCC[C@H]2NC(=O)CC1CCCCC1. The van der Waals surface area contributed by atoms with Crippen molar-refractivity contribution in [3.8, 4) is 0 Å². The summed E-state index contributed by atoms with van der Waals surface area (Å²) in [6.07, 6.45) is 12.3. The van der Waals surface area contributed by atoms with Gasteiger partial charge < -0.3 is 5.32 Å². The van der Waals surface area contributed by atoms with Crippen molar-refractivity contribution in [3.63, 3.8) is 0 Å². The van der Waals surface area contributed by atoms with E-state index in [0.29, 0.717) is 12.3 Å². The zero-order chi connectivity index (χ0) is 13.9. The van der Waals surface area contributed by atoms with Crippen molar-refractivity contribution in [2.45, 2.75) is 63.8 Å². The van der Waals surface area contributed by atoms with Crippen molar-refractivity contribution in [1.82, 2.24) is 15.1 Å². The molecule has 2 aliphatic rings. The van der Waals surface area contributed by atoms with E-state index >= 15 is 0 Å². The van der Waals surface area contributed by atoms with E-state index in [1.165, 1.54) is 43.4 Å². The second-order valence-corrected chi connectivity index (χ2v) is 6.39. The minimum atomic E-state index is 0.184. The largest absolute Gasteiger partial charge is 0.349 e. The molecular formula is C16H25N3O. The first-order valence-electron chi connectivity index (χ1n) is 8.04. The van der Waals surface area contributed by atoms with E-state index < -0.39 is 0 Å². The molecule has 4 nitrogen and oxygen atoms in total. The number of nitrogens with one attached hydrogen (secondary N) is 1. The molecule has 110 valence electrons. The van der Waals surface area contributed by atoms with Crippen LogP contribution in [-0.2, 0) is 18.3 Å². The van der Waals surface area contributed by atoms with Crippen LogP contribution in [0.25, 0.3) is 0 Å². The van der Waals surface area contributed by atoms with Crippen molar-refractivity contribution in [2.24, 2.45) is 13.0 Å². The van der Waals surface area contributed by atoms with Gasteiger partial charge in [-0.2, -0.15) is 5.10 Å². The molecule has 3 rings (SSSR count). The molecule has 1 heterocycles. The van der Waals surface area contributed by atoms with E-state index in [1.54, 1.807) is 0 Å². The Morgan fingerprint density at radius 2 is 2.10 bits per heavy atom. The van der Waals surface area contributed by atoms with Crippen LogP contribution in [0.3, 0.4) is 0 Å². The van der Waals surface area contributed by atoms with Gasteiger partial charge in [-0.3, -0.25) is 9.48 Å². The van der Waals surface area contributed by atoms with Gasteiger partial charge in [0.2, 0.25) is 5.91 Å². The number of hydrogen-bond acceptors (Lipinski definition) is 2. The minimum Gasteiger partial charge on any atom is -0.349 e. The molecule has 1 fully saturated rings. The summed E-state index contributed by atoms with van der Waals surface area (Å²) in [6, 6.07) is 0.184. The number of hydrogen-bond donors (Lipinski definition) is 1. The Morgan fingerprint density at radius 1 is 1.30 bits per heavy atom. The third kappa shape index (κ3) is 2.89. The quantitative estimate of drug-likeness (QED) is 0.922. The molecule has 0 aliphatic heterocycles. The van der Waals surface area contributed by atoms with E-state index in [9.17, 15) is 4.79 Å². The zero-order valence-electron chi connectivity index (χ0n) is 12.4. The van der Waals surface area contributed by atoms with Crippen LogP contribution in [-0.4, -0.2) is 15.7 Å². The van der Waals surface area contributed by atoms with Crippen LogP contribution in [0.1, 0.15) is 68.7 Å². The molecule has 0 bridgehead atoms. The second kappa shape index (κ2) is 5.98. The van der Waals surface area contributed by atoms with Gasteiger partial charge in [0.05, 0.1) is 12.2 Å². The molecule has 2 aliphatic carbocycles. The predicted molar refractivity (Wildman–Crippen MR) is 78.2 cm³/mol. The van der Waals surface area contributed by atoms with Crippen molar-refractivity contribution >= 4 is 5.91 Å². The fourth-order valence-corrected chi connectivity index (χ4v) is 3.76. The molecule has 0 aromatic carbocycles. The lowest BCUT2D eigenvalue weighted by atomic mass is 9.86. The number of rotatable bonds is 3. The van der Waals surface area contributed by atoms with Gasteiger partial charge >= 0.3 is 0 Å². The summed E-state index contributed by atoms with van der Waals surface area (Å²) < 4.78 is 1.95. The van der Waals surface area contributed by atoms with Gasteiger partial charge in [-0.1, -0.05) is 19.3 Å². The fraction of sp³-hybridized carbons (Fsp3) is 0.750. The molecule has 1 aromatic rings. The summed E-state index contributed by atoms with van der Waals surface area (Å²) in [5.41, 5.74) is 2.52. The monoisotopic (exact) mass is 275 g/mol. The molecular weight excluding hydrogens is 250 g/mol. The van der Waals surface area contributed by atoms with Crippen LogP contribution in [0.5, 0.6) is 0 Å². The van der Waals surface area contributed by atoms with Gasteiger partial charge in [-0.15, -0.1) is 0 Å². The normalized spacial score (nSPS) is 23.4. The van der Waals surface area contributed by atoms with Crippen LogP contribution in [0, 0.1) is 5.92 Å². The minimum absolute atomic E-state index is 0.184. The summed E-state index contributed by atoms with van der Waals surface area (Å²) >= 11 is 0. The highest BCUT2D eigenvalue weighted by Gasteiger charge is 2.25. The van der Waals surface area contributed by atoms with E-state index in [1.807, 2.05) is 17.9 Å². The Kier molecular flexibility index (Phi) is 4.08. The highest BCUT2D eigenvalue weighted by molar-refractivity contribution is 5.76. The Labute approximate surface area is 120 Å². The lowest BCUT2D eigenvalue weighted by Gasteiger charge is -2.26. The van der Waals surface area contributed by atoms with Gasteiger partial charge in [0.25, 0.3) is 0 Å². The average molecular weight is 275 g/mol. The Morgan fingerprint density at radius 3 is 2.90 bits per heavy atom. The van der Waals surface area contributed by atoms with Crippen molar-refractivity contribution in [2.75, 3.05) is 0 Å². The maximum atomic E-state index is 12.3. The van der Waals surface area contributed by atoms with Gasteiger partial charge in [0.1, 0.15) is 0 Å². The molecule has 1 saturated carbocycles. The number of fused-ring (bicyclic) bond motifs is 1. The van der Waals surface area contributed by atoms with Gasteiger partial charge in [0, 0.05) is 24.7 Å². The van der Waals surface area contributed by atoms with Crippen molar-refractivity contribution in [3.05, 3.63) is 17.5 Å². The van der Waals surface area contributed by atoms with Crippen molar-refractivity contribution in [1.29, 1.82) is 0 Å². The molecule has 0 unspecified atom stereocenters. The van der Waals surface area contributed by atoms with Gasteiger partial charge in [0.15, 0.2) is 0 Å². The smallest absolute Gasteiger partial charge is 0.220 e. The first kappa shape index (κ1) is 13.7. The second-order valence-electron chi connectivity index (χ2n) is 6.39. The standard InChI is InChI=1S/C16H25N3O/c1-19-15-9-5-8-14(13(15)11-17-19)18-16(20)10-12-6-3-2-4-7-12/h11-12,14H,2-10H2,1H3,(H,18,20)/t14-/m1/s1. The Hall–Kier alpha value is -1.32. The first-order valence-corrected chi connectivity index (χ1v) is 8.04. The fourth-order valence-electron chi connectivity index (χ4n) is 3.76. The average Bonchev–Trinajstić information content (AvgIpc) is 2.83. The predicted octanol–water partition coefficient (Wildman–Crippen LogP) is 2.88. The number of aromatic nitrogens is 2. The number of nitrogens with zero attached hydrogens (tertiary/aromatic N) is 2. The summed E-state index contributed by atoms with van der Waals surface area (Å²) in [5.74, 6) is 0.847. The van der Waals surface area contributed by atoms with Crippen LogP contribution in [0.2, 0.25) is 0 Å². The van der Waals surface area contributed by atoms with E-state index in [-0.39, 0.29) is 11.9 Å². The first-order chi connectivity index (χ1) is 9.74. The number of amides is 1. The Balaban J connectivity index is 1.59. The van der Waals surface area contributed by atoms with Crippen LogP contribution >= 0.6 is 0 Å². The summed E-state index contributed by atoms with van der Waals surface area (Å²) in [7, 11) is 1.99. The third-order valence-corrected chi connectivity index (χ3v) is 4.91. The maximum absolute atomic E-state index is 12.3. The maximum Gasteiger partial charge on any atom is 0.220 e. The molecule has 20 heavy (non-hydrogen) atoms. The molecule has 0 spiro atoms. The molecule has 4 heteroatoms. The number of aryl methyl sites for hydroxylation is 1. The summed E-state index contributed by atoms with van der Waals surface area (Å²) in [6.45, 7) is 0. The van der Waals surface area contributed by atoms with Crippen LogP contribution in [0.4, 0.5) is 0 Å².